The molecule has 1 aliphatic rings. The van der Waals surface area contributed by atoms with Crippen LogP contribution in [-0.4, -0.2) is 46.9 Å². The van der Waals surface area contributed by atoms with Crippen LogP contribution in [0.3, 0.4) is 0 Å². The Morgan fingerprint density at radius 2 is 1.33 bits per heavy atom. The van der Waals surface area contributed by atoms with E-state index in [1.165, 1.54) is 0 Å². The van der Waals surface area contributed by atoms with Gasteiger partial charge in [0.05, 0.1) is 5.56 Å². The summed E-state index contributed by atoms with van der Waals surface area (Å²) in [5.74, 6) is -4.15. The number of benzene rings is 1. The molecule has 2 atom stereocenters. The van der Waals surface area contributed by atoms with Crippen molar-refractivity contribution in [1.82, 2.24) is 15.5 Å². The molecular weight excluding hydrogens is 699 g/mol. The standard InChI is InChI=1S/C15H12I3N3O6/c1-5(22)19-11-14(25)27-15(26)12(20-6(2)23)21(11)13(24)10-8(17)3-7(16)4-9(10)18/h3-4,11-12H,1-2H3,(H,19,22)(H,20,23). The monoisotopic (exact) mass is 711 g/mol. The van der Waals surface area contributed by atoms with E-state index in [0.29, 0.717) is 7.14 Å². The van der Waals surface area contributed by atoms with Crippen molar-refractivity contribution in [2.75, 3.05) is 0 Å². The fraction of sp³-hybridized carbons (Fsp3) is 0.267. The van der Waals surface area contributed by atoms with Crippen LogP contribution in [0.1, 0.15) is 24.2 Å². The SMILES string of the molecule is CC(=O)NC1C(=O)OC(=O)C(NC(C)=O)N1C(=O)c1c(I)cc(I)cc1I. The van der Waals surface area contributed by atoms with Crippen LogP contribution < -0.4 is 10.6 Å². The zero-order chi connectivity index (χ0) is 20.5. The van der Waals surface area contributed by atoms with E-state index >= 15 is 0 Å². The van der Waals surface area contributed by atoms with Gasteiger partial charge in [-0.05, 0) is 79.9 Å². The van der Waals surface area contributed by atoms with Gasteiger partial charge in [-0.25, -0.2) is 9.59 Å². The van der Waals surface area contributed by atoms with E-state index in [2.05, 4.69) is 38.0 Å². The van der Waals surface area contributed by atoms with Gasteiger partial charge >= 0.3 is 11.9 Å². The van der Waals surface area contributed by atoms with Gasteiger partial charge in [0, 0.05) is 24.6 Å². The van der Waals surface area contributed by atoms with Crippen molar-refractivity contribution in [2.45, 2.75) is 26.2 Å². The molecule has 0 saturated carbocycles. The quantitative estimate of drug-likeness (QED) is 0.274. The van der Waals surface area contributed by atoms with E-state index in [0.717, 1.165) is 22.3 Å². The minimum Gasteiger partial charge on any atom is -0.387 e. The number of amides is 3. The molecule has 1 aromatic carbocycles. The normalized spacial score (nSPS) is 19.4. The van der Waals surface area contributed by atoms with Crippen molar-refractivity contribution in [1.29, 1.82) is 0 Å². The lowest BCUT2D eigenvalue weighted by Gasteiger charge is -2.39. The van der Waals surface area contributed by atoms with E-state index in [-0.39, 0.29) is 5.56 Å². The number of nitrogens with zero attached hydrogens (tertiary/aromatic N) is 1. The first-order valence-corrected chi connectivity index (χ1v) is 10.5. The third-order valence-electron chi connectivity index (χ3n) is 3.34. The molecular formula is C15H12I3N3O6. The highest BCUT2D eigenvalue weighted by molar-refractivity contribution is 14.1. The fourth-order valence-corrected chi connectivity index (χ4v) is 6.38. The van der Waals surface area contributed by atoms with Gasteiger partial charge in [0.2, 0.25) is 24.1 Å². The van der Waals surface area contributed by atoms with Crippen molar-refractivity contribution < 1.29 is 28.7 Å². The first-order chi connectivity index (χ1) is 12.5. The van der Waals surface area contributed by atoms with Crippen molar-refractivity contribution >= 4 is 97.4 Å². The molecule has 1 heterocycles. The van der Waals surface area contributed by atoms with Crippen LogP contribution in [0.4, 0.5) is 0 Å². The Balaban J connectivity index is 2.60. The number of halogens is 3. The average molecular weight is 711 g/mol. The van der Waals surface area contributed by atoms with Crippen LogP contribution >= 0.6 is 67.8 Å². The van der Waals surface area contributed by atoms with Gasteiger partial charge in [0.1, 0.15) is 0 Å². The molecule has 2 rings (SSSR count). The zero-order valence-corrected chi connectivity index (χ0v) is 20.3. The summed E-state index contributed by atoms with van der Waals surface area (Å²) in [6.07, 6.45) is -3.12. The molecule has 0 aromatic heterocycles. The number of ether oxygens (including phenoxy) is 1. The molecule has 2 N–H and O–H groups in total. The summed E-state index contributed by atoms with van der Waals surface area (Å²) in [6.45, 7) is 2.30. The van der Waals surface area contributed by atoms with E-state index < -0.39 is 42.0 Å². The summed E-state index contributed by atoms with van der Waals surface area (Å²) < 4.78 is 6.67. The second-order valence-electron chi connectivity index (χ2n) is 5.40. The van der Waals surface area contributed by atoms with Crippen molar-refractivity contribution in [3.8, 4) is 0 Å². The topological polar surface area (TPSA) is 122 Å². The van der Waals surface area contributed by atoms with Crippen LogP contribution in [0.15, 0.2) is 12.1 Å². The Hall–Kier alpha value is -1.04. The number of rotatable bonds is 3. The maximum atomic E-state index is 13.3. The molecule has 1 fully saturated rings. The average Bonchev–Trinajstić information content (AvgIpc) is 2.50. The van der Waals surface area contributed by atoms with Crippen LogP contribution in [0.25, 0.3) is 0 Å². The summed E-state index contributed by atoms with van der Waals surface area (Å²) in [7, 11) is 0. The molecule has 144 valence electrons. The maximum Gasteiger partial charge on any atom is 0.357 e. The lowest BCUT2D eigenvalue weighted by atomic mass is 10.1. The molecule has 0 bridgehead atoms. The summed E-state index contributed by atoms with van der Waals surface area (Å²) in [5.41, 5.74) is 0.241. The van der Waals surface area contributed by atoms with Gasteiger partial charge in [-0.1, -0.05) is 0 Å². The van der Waals surface area contributed by atoms with Crippen LogP contribution in [0.5, 0.6) is 0 Å². The predicted octanol–water partition coefficient (Wildman–Crippen LogP) is 0.950. The molecule has 1 saturated heterocycles. The molecule has 9 nitrogen and oxygen atoms in total. The van der Waals surface area contributed by atoms with Crippen LogP contribution in [0.2, 0.25) is 0 Å². The number of morpholine rings is 1. The number of carbonyl (C=O) groups is 5. The highest BCUT2D eigenvalue weighted by Crippen LogP contribution is 2.26. The second kappa shape index (κ2) is 8.97. The van der Waals surface area contributed by atoms with Crippen molar-refractivity contribution in [3.63, 3.8) is 0 Å². The number of cyclic esters (lactones) is 2. The van der Waals surface area contributed by atoms with Crippen molar-refractivity contribution in [3.05, 3.63) is 28.4 Å². The first-order valence-electron chi connectivity index (χ1n) is 7.30. The maximum absolute atomic E-state index is 13.3. The summed E-state index contributed by atoms with van der Waals surface area (Å²) in [6, 6.07) is 3.50. The van der Waals surface area contributed by atoms with Gasteiger partial charge < -0.3 is 15.4 Å². The number of hydrogen-bond donors (Lipinski definition) is 2. The van der Waals surface area contributed by atoms with Gasteiger partial charge in [0.25, 0.3) is 5.91 Å². The largest absolute Gasteiger partial charge is 0.387 e. The third kappa shape index (κ3) is 5.07. The third-order valence-corrected chi connectivity index (χ3v) is 5.66. The molecule has 2 unspecified atom stereocenters. The Kier molecular flexibility index (Phi) is 7.40. The summed E-state index contributed by atoms with van der Waals surface area (Å²) >= 11 is 6.03. The van der Waals surface area contributed by atoms with E-state index in [4.69, 9.17) is 0 Å². The minimum absolute atomic E-state index is 0.241. The van der Waals surface area contributed by atoms with Gasteiger partial charge in [-0.3, -0.25) is 19.3 Å². The molecule has 12 heteroatoms. The van der Waals surface area contributed by atoms with Gasteiger partial charge in [-0.15, -0.1) is 0 Å². The Bertz CT molecular complexity index is 802. The van der Waals surface area contributed by atoms with E-state index in [9.17, 15) is 24.0 Å². The number of nitrogens with one attached hydrogen (secondary N) is 2. The zero-order valence-electron chi connectivity index (χ0n) is 13.8. The van der Waals surface area contributed by atoms with Crippen LogP contribution in [0, 0.1) is 10.7 Å². The highest BCUT2D eigenvalue weighted by atomic mass is 127. The second-order valence-corrected chi connectivity index (χ2v) is 8.97. The summed E-state index contributed by atoms with van der Waals surface area (Å²) in [5, 5.41) is 4.58. The molecule has 1 aromatic rings. The van der Waals surface area contributed by atoms with Gasteiger partial charge in [0.15, 0.2) is 0 Å². The van der Waals surface area contributed by atoms with E-state index in [1.807, 2.05) is 45.2 Å². The number of carbonyl (C=O) groups excluding carboxylic acids is 5. The molecule has 0 spiro atoms. The molecule has 27 heavy (non-hydrogen) atoms. The molecule has 1 aliphatic heterocycles. The Morgan fingerprint density at radius 1 is 0.926 bits per heavy atom. The van der Waals surface area contributed by atoms with Crippen molar-refractivity contribution in [2.24, 2.45) is 0 Å². The smallest absolute Gasteiger partial charge is 0.357 e. The highest BCUT2D eigenvalue weighted by Gasteiger charge is 2.48. The Morgan fingerprint density at radius 3 is 1.70 bits per heavy atom. The number of esters is 2. The number of hydrogen-bond acceptors (Lipinski definition) is 6. The molecule has 0 aliphatic carbocycles. The first kappa shape index (κ1) is 22.3. The predicted molar refractivity (Wildman–Crippen MR) is 117 cm³/mol. The molecule has 0 radical (unpaired) electrons. The lowest BCUT2D eigenvalue weighted by molar-refractivity contribution is -0.179. The van der Waals surface area contributed by atoms with Crippen LogP contribution in [-0.2, 0) is 23.9 Å². The molecule has 3 amide bonds. The summed E-state index contributed by atoms with van der Waals surface area (Å²) in [4.78, 5) is 61.5. The minimum atomic E-state index is -1.56. The fourth-order valence-electron chi connectivity index (χ4n) is 2.34. The lowest BCUT2D eigenvalue weighted by Crippen LogP contribution is -2.69. The van der Waals surface area contributed by atoms with E-state index in [1.54, 1.807) is 12.1 Å². The van der Waals surface area contributed by atoms with Gasteiger partial charge in [-0.2, -0.15) is 0 Å². The Labute approximate surface area is 194 Å².